The summed E-state index contributed by atoms with van der Waals surface area (Å²) in [7, 11) is -1.86. The quantitative estimate of drug-likeness (QED) is 0.475. The maximum Gasteiger partial charge on any atom is 0.232 e. The van der Waals surface area contributed by atoms with E-state index >= 15 is 0 Å². The van der Waals surface area contributed by atoms with Gasteiger partial charge in [-0.25, -0.2) is 8.42 Å². The van der Waals surface area contributed by atoms with Crippen LogP contribution in [0.1, 0.15) is 31.7 Å². The summed E-state index contributed by atoms with van der Waals surface area (Å²) in [4.78, 5) is 12.2. The lowest BCUT2D eigenvalue weighted by Gasteiger charge is -2.24. The number of sulfonamides is 1. The molecule has 0 aliphatic heterocycles. The molecule has 0 radical (unpaired) electrons. The van der Waals surface area contributed by atoms with Gasteiger partial charge in [-0.15, -0.1) is 0 Å². The zero-order valence-electron chi connectivity index (χ0n) is 18.5. The number of amides is 1. The molecular weight excluding hydrogens is 416 g/mol. The summed E-state index contributed by atoms with van der Waals surface area (Å²) in [6.07, 6.45) is 3.42. The number of nitrogens with zero attached hydrogens (tertiary/aromatic N) is 1. The zero-order valence-corrected chi connectivity index (χ0v) is 19.3. The van der Waals surface area contributed by atoms with E-state index < -0.39 is 10.0 Å². The Labute approximate surface area is 185 Å². The van der Waals surface area contributed by atoms with E-state index in [-0.39, 0.29) is 18.9 Å². The van der Waals surface area contributed by atoms with E-state index in [2.05, 4.69) is 5.32 Å². The number of methoxy groups -OCH3 is 1. The van der Waals surface area contributed by atoms with Crippen LogP contribution < -0.4 is 19.1 Å². The lowest BCUT2D eigenvalue weighted by Crippen LogP contribution is -2.32. The van der Waals surface area contributed by atoms with E-state index in [4.69, 9.17) is 9.47 Å². The topological polar surface area (TPSA) is 84.9 Å². The first kappa shape index (κ1) is 24.5. The van der Waals surface area contributed by atoms with Crippen LogP contribution >= 0.6 is 0 Å². The molecule has 1 amide bonds. The number of aryl methyl sites for hydroxylation is 1. The lowest BCUT2D eigenvalue weighted by molar-refractivity contribution is -0.121. The number of carbonyl (C=O) groups is 1. The molecule has 0 bridgehead atoms. The predicted molar refractivity (Wildman–Crippen MR) is 123 cm³/mol. The number of carbonyl (C=O) groups excluding carboxylic acids is 1. The molecule has 0 spiro atoms. The second kappa shape index (κ2) is 12.2. The Morgan fingerprint density at radius 3 is 2.39 bits per heavy atom. The minimum atomic E-state index is -3.51. The SMILES string of the molecule is CCOc1ccccc1N(CCCC(=O)NCCCc1ccccc1OC)S(C)(=O)=O. The van der Waals surface area contributed by atoms with Crippen LogP contribution in [0.4, 0.5) is 5.69 Å². The smallest absolute Gasteiger partial charge is 0.232 e. The summed E-state index contributed by atoms with van der Waals surface area (Å²) in [5, 5.41) is 2.90. The third kappa shape index (κ3) is 7.79. The Morgan fingerprint density at radius 1 is 1.03 bits per heavy atom. The maximum absolute atomic E-state index is 12.3. The number of para-hydroxylation sites is 3. The highest BCUT2D eigenvalue weighted by Gasteiger charge is 2.21. The molecule has 0 heterocycles. The van der Waals surface area contributed by atoms with E-state index in [1.165, 1.54) is 4.31 Å². The van der Waals surface area contributed by atoms with Crippen molar-refractivity contribution in [1.29, 1.82) is 0 Å². The summed E-state index contributed by atoms with van der Waals surface area (Å²) >= 11 is 0. The van der Waals surface area contributed by atoms with E-state index in [1.807, 2.05) is 31.2 Å². The van der Waals surface area contributed by atoms with Crippen LogP contribution in [0.3, 0.4) is 0 Å². The van der Waals surface area contributed by atoms with Crippen molar-refractivity contribution in [3.05, 3.63) is 54.1 Å². The second-order valence-corrected chi connectivity index (χ2v) is 9.01. The van der Waals surface area contributed by atoms with Gasteiger partial charge in [0.25, 0.3) is 0 Å². The van der Waals surface area contributed by atoms with Gasteiger partial charge in [0.15, 0.2) is 0 Å². The molecule has 2 aromatic carbocycles. The van der Waals surface area contributed by atoms with Crippen molar-refractivity contribution < 1.29 is 22.7 Å². The average molecular weight is 449 g/mol. The van der Waals surface area contributed by atoms with Crippen LogP contribution in [0.5, 0.6) is 11.5 Å². The van der Waals surface area contributed by atoms with E-state index in [0.29, 0.717) is 31.0 Å². The van der Waals surface area contributed by atoms with Crippen molar-refractivity contribution in [3.8, 4) is 11.5 Å². The fraction of sp³-hybridized carbons (Fsp3) is 0.435. The monoisotopic (exact) mass is 448 g/mol. The fourth-order valence-corrected chi connectivity index (χ4v) is 4.26. The van der Waals surface area contributed by atoms with Gasteiger partial charge in [-0.05, 0) is 49.9 Å². The molecule has 8 heteroatoms. The number of hydrogen-bond donors (Lipinski definition) is 1. The first-order valence-electron chi connectivity index (χ1n) is 10.4. The summed E-state index contributed by atoms with van der Waals surface area (Å²) < 4.78 is 36.8. The third-order valence-electron chi connectivity index (χ3n) is 4.74. The van der Waals surface area contributed by atoms with Crippen molar-refractivity contribution in [1.82, 2.24) is 5.32 Å². The van der Waals surface area contributed by atoms with Crippen LogP contribution in [-0.2, 0) is 21.2 Å². The molecule has 170 valence electrons. The number of ether oxygens (including phenoxy) is 2. The highest BCUT2D eigenvalue weighted by atomic mass is 32.2. The summed E-state index contributed by atoms with van der Waals surface area (Å²) in [5.41, 5.74) is 1.60. The van der Waals surface area contributed by atoms with Gasteiger partial charge in [0.05, 0.1) is 25.7 Å². The summed E-state index contributed by atoms with van der Waals surface area (Å²) in [6.45, 7) is 3.04. The van der Waals surface area contributed by atoms with Crippen molar-refractivity contribution in [2.24, 2.45) is 0 Å². The molecule has 0 aliphatic carbocycles. The number of anilines is 1. The van der Waals surface area contributed by atoms with Gasteiger partial charge in [0.2, 0.25) is 15.9 Å². The number of rotatable bonds is 13. The molecule has 1 N–H and O–H groups in total. The van der Waals surface area contributed by atoms with E-state index in [1.54, 1.807) is 31.4 Å². The summed E-state index contributed by atoms with van der Waals surface area (Å²) in [5.74, 6) is 1.27. The van der Waals surface area contributed by atoms with Gasteiger partial charge in [0.1, 0.15) is 11.5 Å². The van der Waals surface area contributed by atoms with Gasteiger partial charge < -0.3 is 14.8 Å². The molecule has 0 aliphatic rings. The molecule has 0 atom stereocenters. The average Bonchev–Trinajstić information content (AvgIpc) is 2.74. The fourth-order valence-electron chi connectivity index (χ4n) is 3.29. The second-order valence-electron chi connectivity index (χ2n) is 7.10. The van der Waals surface area contributed by atoms with Crippen molar-refractivity contribution in [3.63, 3.8) is 0 Å². The minimum Gasteiger partial charge on any atom is -0.496 e. The van der Waals surface area contributed by atoms with Gasteiger partial charge in [-0.3, -0.25) is 9.10 Å². The van der Waals surface area contributed by atoms with Gasteiger partial charge >= 0.3 is 0 Å². The molecule has 0 fully saturated rings. The molecule has 0 saturated heterocycles. The Kier molecular flexibility index (Phi) is 9.65. The lowest BCUT2D eigenvalue weighted by atomic mass is 10.1. The largest absolute Gasteiger partial charge is 0.496 e. The summed E-state index contributed by atoms with van der Waals surface area (Å²) in [6, 6.07) is 14.9. The zero-order chi connectivity index (χ0) is 22.7. The van der Waals surface area contributed by atoms with Gasteiger partial charge in [-0.2, -0.15) is 0 Å². The number of nitrogens with one attached hydrogen (secondary N) is 1. The Bertz CT molecular complexity index is 946. The van der Waals surface area contributed by atoms with Gasteiger partial charge in [0, 0.05) is 19.5 Å². The molecule has 0 saturated carbocycles. The first-order chi connectivity index (χ1) is 14.9. The molecule has 31 heavy (non-hydrogen) atoms. The molecule has 2 aromatic rings. The number of benzene rings is 2. The van der Waals surface area contributed by atoms with Crippen LogP contribution in [0.25, 0.3) is 0 Å². The van der Waals surface area contributed by atoms with Crippen molar-refractivity contribution in [2.45, 2.75) is 32.6 Å². The number of hydrogen-bond acceptors (Lipinski definition) is 5. The normalized spacial score (nSPS) is 11.1. The van der Waals surface area contributed by atoms with Gasteiger partial charge in [-0.1, -0.05) is 30.3 Å². The standard InChI is InChI=1S/C23H32N2O5S/c1-4-30-22-15-8-6-13-20(22)25(31(3,27)28)18-10-16-23(26)24-17-9-12-19-11-5-7-14-21(19)29-2/h5-8,11,13-15H,4,9-10,12,16-18H2,1-3H3,(H,24,26). The van der Waals surface area contributed by atoms with Crippen LogP contribution in [0, 0.1) is 0 Å². The van der Waals surface area contributed by atoms with Crippen LogP contribution in [0.15, 0.2) is 48.5 Å². The van der Waals surface area contributed by atoms with Crippen LogP contribution in [0.2, 0.25) is 0 Å². The van der Waals surface area contributed by atoms with E-state index in [9.17, 15) is 13.2 Å². The molecule has 2 rings (SSSR count). The molecular formula is C23H32N2O5S. The highest BCUT2D eigenvalue weighted by molar-refractivity contribution is 7.92. The van der Waals surface area contributed by atoms with Crippen LogP contribution in [-0.4, -0.2) is 47.4 Å². The molecule has 7 nitrogen and oxygen atoms in total. The van der Waals surface area contributed by atoms with Crippen molar-refractivity contribution >= 4 is 21.6 Å². The molecule has 0 unspecified atom stereocenters. The third-order valence-corrected chi connectivity index (χ3v) is 5.92. The van der Waals surface area contributed by atoms with E-state index in [0.717, 1.165) is 30.4 Å². The minimum absolute atomic E-state index is 0.0911. The predicted octanol–water partition coefficient (Wildman–Crippen LogP) is 3.39. The Balaban J connectivity index is 1.82. The highest BCUT2D eigenvalue weighted by Crippen LogP contribution is 2.30. The maximum atomic E-state index is 12.3. The Morgan fingerprint density at radius 2 is 1.71 bits per heavy atom. The first-order valence-corrected chi connectivity index (χ1v) is 12.3. The molecule has 0 aromatic heterocycles. The van der Waals surface area contributed by atoms with Crippen molar-refractivity contribution in [2.75, 3.05) is 37.4 Å². The Hall–Kier alpha value is -2.74.